The monoisotopic (exact) mass is 249 g/mol. The number of hydrogen-bond acceptors (Lipinski definition) is 4. The Kier molecular flexibility index (Phi) is 4.37. The van der Waals surface area contributed by atoms with Crippen molar-refractivity contribution in [2.45, 2.75) is 44.4 Å². The Bertz CT molecular complexity index is 319. The molecule has 0 aromatic carbocycles. The minimum atomic E-state index is -3.03. The largest absolute Gasteiger partial charge is 0.381 e. The molecule has 2 atom stereocenters. The molecule has 5 heteroatoms. The summed E-state index contributed by atoms with van der Waals surface area (Å²) < 4.78 is 28.5. The van der Waals surface area contributed by atoms with Crippen LogP contribution in [0, 0.1) is 5.92 Å². The molecule has 2 N–H and O–H groups in total. The molecule has 0 aromatic rings. The van der Waals surface area contributed by atoms with E-state index in [4.69, 9.17) is 10.5 Å². The molecule has 0 bridgehead atoms. The lowest BCUT2D eigenvalue weighted by molar-refractivity contribution is 0.0410. The van der Waals surface area contributed by atoms with Crippen LogP contribution in [0.4, 0.5) is 0 Å². The molecule has 16 heavy (non-hydrogen) atoms. The molecule has 0 aromatic heterocycles. The topological polar surface area (TPSA) is 69.4 Å². The number of ether oxygens (including phenoxy) is 1. The molecule has 1 heterocycles. The van der Waals surface area contributed by atoms with Crippen molar-refractivity contribution in [3.63, 3.8) is 0 Å². The minimum Gasteiger partial charge on any atom is -0.381 e. The van der Waals surface area contributed by atoms with E-state index >= 15 is 0 Å². The van der Waals surface area contributed by atoms with Crippen molar-refractivity contribution in [3.05, 3.63) is 0 Å². The first-order valence-corrected chi connectivity index (χ1v) is 7.45. The van der Waals surface area contributed by atoms with E-state index in [1.165, 1.54) is 0 Å². The van der Waals surface area contributed by atoms with E-state index in [1.54, 1.807) is 20.8 Å². The van der Waals surface area contributed by atoms with Crippen LogP contribution in [0.2, 0.25) is 0 Å². The Labute approximate surface area is 98.5 Å². The Morgan fingerprint density at radius 3 is 2.50 bits per heavy atom. The summed E-state index contributed by atoms with van der Waals surface area (Å²) in [6.45, 7) is 6.50. The molecule has 2 unspecified atom stereocenters. The zero-order chi connectivity index (χ0) is 12.4. The van der Waals surface area contributed by atoms with Crippen LogP contribution in [-0.4, -0.2) is 38.2 Å². The van der Waals surface area contributed by atoms with Crippen molar-refractivity contribution in [1.29, 1.82) is 0 Å². The van der Waals surface area contributed by atoms with Crippen LogP contribution in [0.5, 0.6) is 0 Å². The molecule has 0 spiro atoms. The van der Waals surface area contributed by atoms with Crippen molar-refractivity contribution in [3.8, 4) is 0 Å². The number of sulfone groups is 1. The first kappa shape index (κ1) is 13.9. The molecule has 0 aliphatic carbocycles. The standard InChI is InChI=1S/C11H23NO3S/c1-11(2,3)16(13,14)7-5-9-8-15-6-4-10(9)12/h9-10H,4-8,12H2,1-3H3. The molecule has 4 nitrogen and oxygen atoms in total. The fraction of sp³-hybridized carbons (Fsp3) is 1.00. The second kappa shape index (κ2) is 5.02. The molecule has 0 saturated carbocycles. The van der Waals surface area contributed by atoms with Gasteiger partial charge in [0.1, 0.15) is 0 Å². The van der Waals surface area contributed by atoms with Crippen molar-refractivity contribution in [1.82, 2.24) is 0 Å². The Morgan fingerprint density at radius 2 is 2.00 bits per heavy atom. The Balaban J connectivity index is 2.51. The van der Waals surface area contributed by atoms with Gasteiger partial charge in [0.15, 0.2) is 9.84 Å². The molecule has 1 saturated heterocycles. The lowest BCUT2D eigenvalue weighted by Crippen LogP contribution is -2.40. The van der Waals surface area contributed by atoms with Gasteiger partial charge in [-0.1, -0.05) is 0 Å². The summed E-state index contributed by atoms with van der Waals surface area (Å²) in [6.07, 6.45) is 1.45. The molecule has 0 radical (unpaired) electrons. The average Bonchev–Trinajstić information content (AvgIpc) is 2.15. The second-order valence-corrected chi connectivity index (χ2v) is 8.37. The van der Waals surface area contributed by atoms with E-state index < -0.39 is 14.6 Å². The zero-order valence-corrected chi connectivity index (χ0v) is 11.2. The lowest BCUT2D eigenvalue weighted by atomic mass is 9.94. The van der Waals surface area contributed by atoms with Gasteiger partial charge in [0.05, 0.1) is 17.1 Å². The first-order chi connectivity index (χ1) is 7.24. The smallest absolute Gasteiger partial charge is 0.155 e. The van der Waals surface area contributed by atoms with Crippen molar-refractivity contribution < 1.29 is 13.2 Å². The van der Waals surface area contributed by atoms with Gasteiger partial charge < -0.3 is 10.5 Å². The lowest BCUT2D eigenvalue weighted by Gasteiger charge is -2.29. The SMILES string of the molecule is CC(C)(C)S(=O)(=O)CCC1COCCC1N. The highest BCUT2D eigenvalue weighted by molar-refractivity contribution is 7.92. The highest BCUT2D eigenvalue weighted by Crippen LogP contribution is 2.22. The Morgan fingerprint density at radius 1 is 1.38 bits per heavy atom. The molecule has 1 rings (SSSR count). The van der Waals surface area contributed by atoms with Crippen LogP contribution in [-0.2, 0) is 14.6 Å². The molecule has 1 aliphatic rings. The summed E-state index contributed by atoms with van der Waals surface area (Å²) in [5.74, 6) is 0.393. The Hall–Kier alpha value is -0.130. The number of rotatable bonds is 3. The average molecular weight is 249 g/mol. The molecular weight excluding hydrogens is 226 g/mol. The second-order valence-electron chi connectivity index (χ2n) is 5.51. The maximum atomic E-state index is 11.9. The summed E-state index contributed by atoms with van der Waals surface area (Å²) >= 11 is 0. The van der Waals surface area contributed by atoms with E-state index in [1.807, 2.05) is 0 Å². The fourth-order valence-electron chi connectivity index (χ4n) is 1.72. The van der Waals surface area contributed by atoms with E-state index in [9.17, 15) is 8.42 Å². The van der Waals surface area contributed by atoms with Gasteiger partial charge in [0.2, 0.25) is 0 Å². The first-order valence-electron chi connectivity index (χ1n) is 5.79. The van der Waals surface area contributed by atoms with Crippen LogP contribution in [0.3, 0.4) is 0 Å². The summed E-state index contributed by atoms with van der Waals surface area (Å²) in [7, 11) is -3.03. The minimum absolute atomic E-state index is 0.0870. The molecular formula is C11H23NO3S. The number of nitrogens with two attached hydrogens (primary N) is 1. The van der Waals surface area contributed by atoms with E-state index in [0.29, 0.717) is 19.6 Å². The highest BCUT2D eigenvalue weighted by atomic mass is 32.2. The summed E-state index contributed by atoms with van der Waals surface area (Å²) in [4.78, 5) is 0. The third-order valence-corrected chi connectivity index (χ3v) is 5.86. The summed E-state index contributed by atoms with van der Waals surface area (Å²) in [5.41, 5.74) is 5.94. The molecule has 96 valence electrons. The van der Waals surface area contributed by atoms with Crippen LogP contribution < -0.4 is 5.73 Å². The van der Waals surface area contributed by atoms with Gasteiger partial charge in [0.25, 0.3) is 0 Å². The fourth-order valence-corrected chi connectivity index (χ4v) is 2.95. The van der Waals surface area contributed by atoms with Gasteiger partial charge in [0, 0.05) is 12.6 Å². The molecule has 1 fully saturated rings. The van der Waals surface area contributed by atoms with Gasteiger partial charge in [-0.15, -0.1) is 0 Å². The van der Waals surface area contributed by atoms with E-state index in [0.717, 1.165) is 6.42 Å². The van der Waals surface area contributed by atoms with Gasteiger partial charge in [-0.25, -0.2) is 8.42 Å². The quantitative estimate of drug-likeness (QED) is 0.808. The molecule has 1 aliphatic heterocycles. The van der Waals surface area contributed by atoms with E-state index in [2.05, 4.69) is 0 Å². The summed E-state index contributed by atoms with van der Waals surface area (Å²) in [6, 6.07) is 0.0870. The van der Waals surface area contributed by atoms with Gasteiger partial charge in [-0.3, -0.25) is 0 Å². The van der Waals surface area contributed by atoms with E-state index in [-0.39, 0.29) is 17.7 Å². The predicted octanol–water partition coefficient (Wildman–Crippen LogP) is 0.954. The van der Waals surface area contributed by atoms with Crippen LogP contribution in [0.15, 0.2) is 0 Å². The molecule has 0 amide bonds. The van der Waals surface area contributed by atoms with Crippen LogP contribution >= 0.6 is 0 Å². The van der Waals surface area contributed by atoms with Crippen molar-refractivity contribution >= 4 is 9.84 Å². The van der Waals surface area contributed by atoms with Gasteiger partial charge in [-0.05, 0) is 39.5 Å². The van der Waals surface area contributed by atoms with Crippen LogP contribution in [0.25, 0.3) is 0 Å². The summed E-state index contributed by atoms with van der Waals surface area (Å²) in [5, 5.41) is 0. The predicted molar refractivity (Wildman–Crippen MR) is 65.1 cm³/mol. The van der Waals surface area contributed by atoms with Gasteiger partial charge in [-0.2, -0.15) is 0 Å². The third kappa shape index (κ3) is 3.43. The highest BCUT2D eigenvalue weighted by Gasteiger charge is 2.31. The zero-order valence-electron chi connectivity index (χ0n) is 10.4. The van der Waals surface area contributed by atoms with Crippen LogP contribution in [0.1, 0.15) is 33.6 Å². The maximum absolute atomic E-state index is 11.9. The number of hydrogen-bond donors (Lipinski definition) is 1. The van der Waals surface area contributed by atoms with Gasteiger partial charge >= 0.3 is 0 Å². The maximum Gasteiger partial charge on any atom is 0.155 e. The van der Waals surface area contributed by atoms with Crippen molar-refractivity contribution in [2.75, 3.05) is 19.0 Å². The third-order valence-electron chi connectivity index (χ3n) is 3.22. The van der Waals surface area contributed by atoms with Crippen molar-refractivity contribution in [2.24, 2.45) is 11.7 Å². The normalized spacial score (nSPS) is 28.0.